The summed E-state index contributed by atoms with van der Waals surface area (Å²) in [4.78, 5) is 18.5. The molecule has 1 heterocycles. The van der Waals surface area contributed by atoms with Crippen molar-refractivity contribution in [2.24, 2.45) is 5.16 Å². The number of carbonyl (C=O) groups is 1. The van der Waals surface area contributed by atoms with Gasteiger partial charge < -0.3 is 9.57 Å². The third-order valence-corrected chi connectivity index (χ3v) is 2.67. The minimum Gasteiger partial charge on any atom is -0.444 e. The van der Waals surface area contributed by atoms with Gasteiger partial charge in [-0.2, -0.15) is 0 Å². The summed E-state index contributed by atoms with van der Waals surface area (Å²) in [7, 11) is 0. The number of rotatable bonds is 3. The van der Waals surface area contributed by atoms with E-state index in [-0.39, 0.29) is 6.09 Å². The second kappa shape index (κ2) is 5.94. The molecule has 0 unspecified atom stereocenters. The molecular weight excluding hydrogens is 256 g/mol. The SMILES string of the molecule is CC(C)(C)OC(=O)N1CC(=NOCc2ccccc2)C1. The van der Waals surface area contributed by atoms with Gasteiger partial charge in [0.2, 0.25) is 0 Å². The summed E-state index contributed by atoms with van der Waals surface area (Å²) in [5.41, 5.74) is 1.46. The van der Waals surface area contributed by atoms with Crippen LogP contribution in [0.4, 0.5) is 4.79 Å². The van der Waals surface area contributed by atoms with Crippen LogP contribution in [0.3, 0.4) is 0 Å². The predicted molar refractivity (Wildman–Crippen MR) is 76.5 cm³/mol. The number of ether oxygens (including phenoxy) is 1. The summed E-state index contributed by atoms with van der Waals surface area (Å²) < 4.78 is 5.25. The van der Waals surface area contributed by atoms with Crippen molar-refractivity contribution in [1.82, 2.24) is 4.90 Å². The molecule has 0 saturated carbocycles. The lowest BCUT2D eigenvalue weighted by Crippen LogP contribution is -2.52. The van der Waals surface area contributed by atoms with E-state index in [0.29, 0.717) is 19.7 Å². The monoisotopic (exact) mass is 276 g/mol. The Kier molecular flexibility index (Phi) is 4.27. The van der Waals surface area contributed by atoms with E-state index in [9.17, 15) is 4.79 Å². The Balaban J connectivity index is 1.71. The van der Waals surface area contributed by atoms with Gasteiger partial charge in [-0.25, -0.2) is 4.79 Å². The second-order valence-electron chi connectivity index (χ2n) is 5.75. The highest BCUT2D eigenvalue weighted by Crippen LogP contribution is 2.14. The fourth-order valence-corrected chi connectivity index (χ4v) is 1.68. The Morgan fingerprint density at radius 2 is 1.90 bits per heavy atom. The normalized spacial score (nSPS) is 14.6. The lowest BCUT2D eigenvalue weighted by Gasteiger charge is -2.33. The molecule has 5 nitrogen and oxygen atoms in total. The van der Waals surface area contributed by atoms with Crippen molar-refractivity contribution >= 4 is 11.8 Å². The number of hydrogen-bond acceptors (Lipinski definition) is 4. The van der Waals surface area contributed by atoms with Crippen molar-refractivity contribution in [2.75, 3.05) is 13.1 Å². The van der Waals surface area contributed by atoms with Crippen LogP contribution in [0, 0.1) is 0 Å². The first-order valence-electron chi connectivity index (χ1n) is 6.63. The maximum atomic E-state index is 11.7. The fraction of sp³-hybridized carbons (Fsp3) is 0.467. The molecule has 1 fully saturated rings. The minimum absolute atomic E-state index is 0.306. The Hall–Kier alpha value is -2.04. The number of amides is 1. The van der Waals surface area contributed by atoms with Crippen LogP contribution >= 0.6 is 0 Å². The van der Waals surface area contributed by atoms with Crippen LogP contribution in [-0.2, 0) is 16.2 Å². The third kappa shape index (κ3) is 4.26. The van der Waals surface area contributed by atoms with Crippen LogP contribution < -0.4 is 0 Å². The zero-order valence-corrected chi connectivity index (χ0v) is 12.1. The molecule has 1 aliphatic heterocycles. The van der Waals surface area contributed by atoms with Crippen LogP contribution in [0.1, 0.15) is 26.3 Å². The summed E-state index contributed by atoms with van der Waals surface area (Å²) in [6.07, 6.45) is -0.306. The molecule has 1 amide bonds. The summed E-state index contributed by atoms with van der Waals surface area (Å²) in [6, 6.07) is 9.83. The van der Waals surface area contributed by atoms with Gasteiger partial charge >= 0.3 is 6.09 Å². The molecule has 0 spiro atoms. The molecule has 0 atom stereocenters. The van der Waals surface area contributed by atoms with Gasteiger partial charge in [0.25, 0.3) is 0 Å². The van der Waals surface area contributed by atoms with Crippen molar-refractivity contribution in [3.8, 4) is 0 Å². The molecule has 1 aromatic carbocycles. The molecule has 0 radical (unpaired) electrons. The van der Waals surface area contributed by atoms with Gasteiger partial charge in [0.05, 0.1) is 18.8 Å². The summed E-state index contributed by atoms with van der Waals surface area (Å²) in [6.45, 7) is 6.94. The molecular formula is C15H20N2O3. The van der Waals surface area contributed by atoms with Crippen LogP contribution in [0.2, 0.25) is 0 Å². The van der Waals surface area contributed by atoms with Gasteiger partial charge in [0, 0.05) is 0 Å². The average Bonchev–Trinajstić information content (AvgIpc) is 2.31. The van der Waals surface area contributed by atoms with Crippen molar-refractivity contribution in [2.45, 2.75) is 33.0 Å². The Bertz CT molecular complexity index is 484. The predicted octanol–water partition coefficient (Wildman–Crippen LogP) is 2.81. The van der Waals surface area contributed by atoms with Crippen LogP contribution in [0.15, 0.2) is 35.5 Å². The molecule has 1 saturated heterocycles. The van der Waals surface area contributed by atoms with Crippen LogP contribution in [0.5, 0.6) is 0 Å². The maximum Gasteiger partial charge on any atom is 0.410 e. The first-order valence-corrected chi connectivity index (χ1v) is 6.63. The lowest BCUT2D eigenvalue weighted by molar-refractivity contribution is 0.0254. The molecule has 0 aliphatic carbocycles. The number of carbonyl (C=O) groups excluding carboxylic acids is 1. The van der Waals surface area contributed by atoms with Gasteiger partial charge in [-0.3, -0.25) is 4.90 Å². The molecule has 20 heavy (non-hydrogen) atoms. The number of hydrogen-bond donors (Lipinski definition) is 0. The van der Waals surface area contributed by atoms with Crippen molar-refractivity contribution in [3.63, 3.8) is 0 Å². The highest BCUT2D eigenvalue weighted by molar-refractivity contribution is 5.98. The van der Waals surface area contributed by atoms with Crippen LogP contribution in [0.25, 0.3) is 0 Å². The Morgan fingerprint density at radius 3 is 2.50 bits per heavy atom. The number of benzene rings is 1. The third-order valence-electron chi connectivity index (χ3n) is 2.67. The Labute approximate surface area is 119 Å². The summed E-state index contributed by atoms with van der Waals surface area (Å²) >= 11 is 0. The number of oxime groups is 1. The van der Waals surface area contributed by atoms with Gasteiger partial charge in [-0.15, -0.1) is 0 Å². The minimum atomic E-state index is -0.464. The van der Waals surface area contributed by atoms with Gasteiger partial charge in [-0.05, 0) is 26.3 Å². The lowest BCUT2D eigenvalue weighted by atomic mass is 10.2. The second-order valence-corrected chi connectivity index (χ2v) is 5.75. The largest absolute Gasteiger partial charge is 0.444 e. The van der Waals surface area contributed by atoms with Crippen molar-refractivity contribution in [3.05, 3.63) is 35.9 Å². The number of nitrogens with zero attached hydrogens (tertiary/aromatic N) is 2. The zero-order valence-electron chi connectivity index (χ0n) is 12.1. The van der Waals surface area contributed by atoms with E-state index in [1.54, 1.807) is 4.90 Å². The smallest absolute Gasteiger partial charge is 0.410 e. The topological polar surface area (TPSA) is 51.1 Å². The Morgan fingerprint density at radius 1 is 1.25 bits per heavy atom. The molecule has 1 aliphatic rings. The maximum absolute atomic E-state index is 11.7. The quantitative estimate of drug-likeness (QED) is 0.798. The number of likely N-dealkylation sites (tertiary alicyclic amines) is 1. The van der Waals surface area contributed by atoms with E-state index < -0.39 is 5.60 Å². The molecule has 0 aromatic heterocycles. The van der Waals surface area contributed by atoms with E-state index in [4.69, 9.17) is 9.57 Å². The highest BCUT2D eigenvalue weighted by Gasteiger charge is 2.31. The van der Waals surface area contributed by atoms with Gasteiger partial charge in [0.15, 0.2) is 0 Å². The molecule has 2 rings (SSSR count). The first-order chi connectivity index (χ1) is 9.44. The van der Waals surface area contributed by atoms with E-state index in [0.717, 1.165) is 11.3 Å². The molecule has 1 aromatic rings. The van der Waals surface area contributed by atoms with E-state index in [1.807, 2.05) is 51.1 Å². The first kappa shape index (κ1) is 14.4. The molecule has 108 valence electrons. The zero-order chi connectivity index (χ0) is 14.6. The molecule has 5 heteroatoms. The van der Waals surface area contributed by atoms with E-state index in [2.05, 4.69) is 5.16 Å². The van der Waals surface area contributed by atoms with Crippen LogP contribution in [-0.4, -0.2) is 35.4 Å². The highest BCUT2D eigenvalue weighted by atomic mass is 16.6. The van der Waals surface area contributed by atoms with Gasteiger partial charge in [-0.1, -0.05) is 35.5 Å². The summed E-state index contributed by atoms with van der Waals surface area (Å²) in [5, 5.41) is 4.02. The fourth-order valence-electron chi connectivity index (χ4n) is 1.68. The standard InChI is InChI=1S/C15H20N2O3/c1-15(2,3)20-14(18)17-9-13(10-17)16-19-11-12-7-5-4-6-8-12/h4-8H,9-11H2,1-3H3. The van der Waals surface area contributed by atoms with E-state index >= 15 is 0 Å². The van der Waals surface area contributed by atoms with E-state index in [1.165, 1.54) is 0 Å². The summed E-state index contributed by atoms with van der Waals surface area (Å²) in [5.74, 6) is 0. The molecule has 0 N–H and O–H groups in total. The van der Waals surface area contributed by atoms with Crippen molar-refractivity contribution < 1.29 is 14.4 Å². The average molecular weight is 276 g/mol. The van der Waals surface area contributed by atoms with Gasteiger partial charge in [0.1, 0.15) is 12.2 Å². The molecule has 0 bridgehead atoms. The van der Waals surface area contributed by atoms with Crippen molar-refractivity contribution in [1.29, 1.82) is 0 Å².